The van der Waals surface area contributed by atoms with Crippen LogP contribution < -0.4 is 14.8 Å². The van der Waals surface area contributed by atoms with Crippen molar-refractivity contribution in [1.82, 2.24) is 25.5 Å². The predicted octanol–water partition coefficient (Wildman–Crippen LogP) is 1.98. The molecule has 2 aromatic rings. The smallest absolute Gasteiger partial charge is 0.230 e. The van der Waals surface area contributed by atoms with E-state index in [1.54, 1.807) is 11.7 Å². The number of carbonyl (C=O) groups is 1. The van der Waals surface area contributed by atoms with Crippen molar-refractivity contribution in [2.75, 3.05) is 19.0 Å². The lowest BCUT2D eigenvalue weighted by Crippen LogP contribution is -2.33. The number of aromatic nitrogens is 4. The molecule has 0 aliphatic carbocycles. The number of fused-ring (bicyclic) bond motifs is 1. The van der Waals surface area contributed by atoms with E-state index in [-0.39, 0.29) is 23.6 Å². The van der Waals surface area contributed by atoms with Crippen LogP contribution in [-0.4, -0.2) is 45.1 Å². The Bertz CT molecular complexity index is 765. The van der Waals surface area contributed by atoms with Crippen LogP contribution in [0.3, 0.4) is 0 Å². The minimum atomic E-state index is -0.113. The van der Waals surface area contributed by atoms with Crippen LogP contribution in [0.5, 0.6) is 11.5 Å². The summed E-state index contributed by atoms with van der Waals surface area (Å²) in [6.07, 6.45) is 0.864. The third kappa shape index (κ3) is 4.46. The van der Waals surface area contributed by atoms with E-state index in [2.05, 4.69) is 34.7 Å². The van der Waals surface area contributed by atoms with E-state index in [9.17, 15) is 4.79 Å². The summed E-state index contributed by atoms with van der Waals surface area (Å²) < 4.78 is 13.0. The van der Waals surface area contributed by atoms with Gasteiger partial charge in [-0.25, -0.2) is 4.68 Å². The molecule has 1 aliphatic rings. The molecule has 1 N–H and O–H groups in total. The summed E-state index contributed by atoms with van der Waals surface area (Å²) in [6, 6.07) is 5.75. The van der Waals surface area contributed by atoms with Crippen molar-refractivity contribution >= 4 is 17.7 Å². The van der Waals surface area contributed by atoms with Gasteiger partial charge in [-0.2, -0.15) is 0 Å². The Morgan fingerprint density at radius 3 is 2.77 bits per heavy atom. The average Bonchev–Trinajstić information content (AvgIpc) is 2.89. The van der Waals surface area contributed by atoms with E-state index in [4.69, 9.17) is 9.47 Å². The minimum absolute atomic E-state index is 0.0659. The van der Waals surface area contributed by atoms with Crippen molar-refractivity contribution in [3.8, 4) is 11.5 Å². The molecule has 0 bridgehead atoms. The van der Waals surface area contributed by atoms with Gasteiger partial charge in [0.15, 0.2) is 11.5 Å². The molecule has 0 saturated carbocycles. The molecular formula is C17H23N5O3S. The number of amides is 1. The van der Waals surface area contributed by atoms with Gasteiger partial charge in [-0.3, -0.25) is 4.79 Å². The van der Waals surface area contributed by atoms with E-state index in [1.807, 2.05) is 18.2 Å². The second-order valence-electron chi connectivity index (χ2n) is 6.42. The third-order valence-electron chi connectivity index (χ3n) is 4.03. The lowest BCUT2D eigenvalue weighted by atomic mass is 9.95. The van der Waals surface area contributed by atoms with Crippen LogP contribution in [-0.2, 0) is 11.8 Å². The maximum atomic E-state index is 12.4. The summed E-state index contributed by atoms with van der Waals surface area (Å²) in [6.45, 7) is 5.45. The first kappa shape index (κ1) is 18.5. The molecule has 1 aromatic heterocycles. The van der Waals surface area contributed by atoms with Gasteiger partial charge in [0.05, 0.1) is 25.0 Å². The van der Waals surface area contributed by atoms with Crippen molar-refractivity contribution < 1.29 is 14.3 Å². The Labute approximate surface area is 156 Å². The van der Waals surface area contributed by atoms with Crippen LogP contribution in [0.1, 0.15) is 31.9 Å². The summed E-state index contributed by atoms with van der Waals surface area (Å²) in [5.41, 5.74) is 1.00. The Morgan fingerprint density at radius 1 is 1.31 bits per heavy atom. The molecule has 140 valence electrons. The fourth-order valence-electron chi connectivity index (χ4n) is 2.70. The first-order valence-corrected chi connectivity index (χ1v) is 9.57. The SMILES string of the molecule is CC(C)[C@H](NC(=O)CSc1nnnn1C)c1ccc2c(c1)OCCCO2. The maximum Gasteiger partial charge on any atom is 0.230 e. The minimum Gasteiger partial charge on any atom is -0.490 e. The topological polar surface area (TPSA) is 91.2 Å². The highest BCUT2D eigenvalue weighted by Crippen LogP contribution is 2.34. The molecule has 2 heterocycles. The largest absolute Gasteiger partial charge is 0.490 e. The normalized spacial score (nSPS) is 14.8. The second kappa shape index (κ2) is 8.39. The Balaban J connectivity index is 1.68. The molecule has 1 atom stereocenters. The van der Waals surface area contributed by atoms with E-state index in [0.717, 1.165) is 23.5 Å². The Kier molecular flexibility index (Phi) is 5.97. The fourth-order valence-corrected chi connectivity index (χ4v) is 3.36. The standard InChI is InChI=1S/C17H23N5O3S/c1-11(2)16(18-15(23)10-26-17-19-20-21-22(17)3)12-5-6-13-14(9-12)25-8-4-7-24-13/h5-6,9,11,16H,4,7-8,10H2,1-3H3,(H,18,23)/t16-/m0/s1. The number of tetrazole rings is 1. The zero-order valence-corrected chi connectivity index (χ0v) is 16.0. The van der Waals surface area contributed by atoms with Gasteiger partial charge in [0.2, 0.25) is 11.1 Å². The first-order valence-electron chi connectivity index (χ1n) is 8.58. The van der Waals surface area contributed by atoms with Gasteiger partial charge in [-0.15, -0.1) is 5.10 Å². The van der Waals surface area contributed by atoms with Crippen LogP contribution in [0.2, 0.25) is 0 Å². The van der Waals surface area contributed by atoms with Gasteiger partial charge >= 0.3 is 0 Å². The van der Waals surface area contributed by atoms with Gasteiger partial charge in [0.25, 0.3) is 0 Å². The van der Waals surface area contributed by atoms with Gasteiger partial charge < -0.3 is 14.8 Å². The highest BCUT2D eigenvalue weighted by Gasteiger charge is 2.21. The Hall–Kier alpha value is -2.29. The van der Waals surface area contributed by atoms with Crippen LogP contribution in [0.25, 0.3) is 0 Å². The number of benzene rings is 1. The number of ether oxygens (including phenoxy) is 2. The second-order valence-corrected chi connectivity index (χ2v) is 7.36. The number of nitrogens with one attached hydrogen (secondary N) is 1. The lowest BCUT2D eigenvalue weighted by Gasteiger charge is -2.23. The summed E-state index contributed by atoms with van der Waals surface area (Å²) in [5, 5.41) is 14.9. The number of hydrogen-bond donors (Lipinski definition) is 1. The van der Waals surface area contributed by atoms with E-state index < -0.39 is 0 Å². The number of carbonyl (C=O) groups excluding carboxylic acids is 1. The van der Waals surface area contributed by atoms with Crippen LogP contribution in [0, 0.1) is 5.92 Å². The van der Waals surface area contributed by atoms with E-state index in [1.165, 1.54) is 11.8 Å². The van der Waals surface area contributed by atoms with E-state index in [0.29, 0.717) is 18.4 Å². The number of rotatable bonds is 6. The summed E-state index contributed by atoms with van der Waals surface area (Å²) in [7, 11) is 1.74. The molecule has 8 nitrogen and oxygen atoms in total. The van der Waals surface area contributed by atoms with Crippen molar-refractivity contribution in [1.29, 1.82) is 0 Å². The summed E-state index contributed by atoms with van der Waals surface area (Å²) in [5.74, 6) is 1.90. The number of hydrogen-bond acceptors (Lipinski definition) is 7. The van der Waals surface area contributed by atoms with Crippen molar-refractivity contribution in [3.63, 3.8) is 0 Å². The highest BCUT2D eigenvalue weighted by molar-refractivity contribution is 7.99. The predicted molar refractivity (Wildman–Crippen MR) is 97.3 cm³/mol. The van der Waals surface area contributed by atoms with Gasteiger partial charge in [-0.05, 0) is 34.0 Å². The van der Waals surface area contributed by atoms with Gasteiger partial charge in [-0.1, -0.05) is 31.7 Å². The molecule has 0 spiro atoms. The van der Waals surface area contributed by atoms with Crippen molar-refractivity contribution in [2.24, 2.45) is 13.0 Å². The van der Waals surface area contributed by atoms with Gasteiger partial charge in [0.1, 0.15) is 0 Å². The molecular weight excluding hydrogens is 354 g/mol. The van der Waals surface area contributed by atoms with Crippen LogP contribution >= 0.6 is 11.8 Å². The van der Waals surface area contributed by atoms with E-state index >= 15 is 0 Å². The Morgan fingerprint density at radius 2 is 2.08 bits per heavy atom. The summed E-state index contributed by atoms with van der Waals surface area (Å²) >= 11 is 1.31. The van der Waals surface area contributed by atoms with Gasteiger partial charge in [0, 0.05) is 13.5 Å². The fraction of sp³-hybridized carbons (Fsp3) is 0.529. The van der Waals surface area contributed by atoms with Crippen molar-refractivity contribution in [2.45, 2.75) is 31.5 Å². The number of nitrogens with zero attached hydrogens (tertiary/aromatic N) is 4. The maximum absolute atomic E-state index is 12.4. The molecule has 26 heavy (non-hydrogen) atoms. The molecule has 0 saturated heterocycles. The average molecular weight is 377 g/mol. The zero-order chi connectivity index (χ0) is 18.5. The number of thioether (sulfide) groups is 1. The van der Waals surface area contributed by atoms with Crippen LogP contribution in [0.15, 0.2) is 23.4 Å². The molecule has 0 radical (unpaired) electrons. The molecule has 1 aliphatic heterocycles. The molecule has 9 heteroatoms. The number of aryl methyl sites for hydroxylation is 1. The van der Waals surface area contributed by atoms with Crippen LogP contribution in [0.4, 0.5) is 0 Å². The first-order chi connectivity index (χ1) is 12.5. The highest BCUT2D eigenvalue weighted by atomic mass is 32.2. The monoisotopic (exact) mass is 377 g/mol. The quantitative estimate of drug-likeness (QED) is 0.770. The molecule has 0 unspecified atom stereocenters. The third-order valence-corrected chi connectivity index (χ3v) is 5.04. The molecule has 3 rings (SSSR count). The summed E-state index contributed by atoms with van der Waals surface area (Å²) in [4.78, 5) is 12.4. The zero-order valence-electron chi connectivity index (χ0n) is 15.1. The molecule has 1 amide bonds. The van der Waals surface area contributed by atoms with Crippen molar-refractivity contribution in [3.05, 3.63) is 23.8 Å². The molecule has 1 aromatic carbocycles. The lowest BCUT2D eigenvalue weighted by molar-refractivity contribution is -0.119. The molecule has 0 fully saturated rings.